The van der Waals surface area contributed by atoms with Crippen LogP contribution in [0.15, 0.2) is 42.5 Å². The van der Waals surface area contributed by atoms with Gasteiger partial charge in [-0.3, -0.25) is 44.7 Å². The van der Waals surface area contributed by atoms with Crippen LogP contribution in [-0.4, -0.2) is 109 Å². The van der Waals surface area contributed by atoms with Crippen molar-refractivity contribution in [1.82, 2.24) is 26.2 Å². The van der Waals surface area contributed by atoms with E-state index >= 15 is 0 Å². The molecule has 0 saturated heterocycles. The molecule has 3 rings (SSSR count). The van der Waals surface area contributed by atoms with Gasteiger partial charge in [-0.05, 0) is 92.7 Å². The molecule has 18 heteroatoms. The second kappa shape index (κ2) is 25.9. The van der Waals surface area contributed by atoms with Crippen LogP contribution < -0.4 is 32.3 Å². The number of benzene rings is 1. The highest BCUT2D eigenvalue weighted by molar-refractivity contribution is 6.13. The fraction of sp³-hybridized carbons (Fsp3) is 0.545. The zero-order valence-corrected chi connectivity index (χ0v) is 36.2. The van der Waals surface area contributed by atoms with Crippen molar-refractivity contribution in [3.8, 4) is 0 Å². The van der Waals surface area contributed by atoms with Crippen LogP contribution in [-0.2, 0) is 47.8 Å². The van der Waals surface area contributed by atoms with E-state index in [-0.39, 0.29) is 75.9 Å². The molecule has 62 heavy (non-hydrogen) atoms. The summed E-state index contributed by atoms with van der Waals surface area (Å²) < 4.78 is 10.4. The third kappa shape index (κ3) is 17.3. The predicted octanol–water partition coefficient (Wildman–Crippen LogP) is 2.03. The van der Waals surface area contributed by atoms with E-state index in [0.29, 0.717) is 61.8 Å². The van der Waals surface area contributed by atoms with Crippen molar-refractivity contribution in [2.24, 2.45) is 23.0 Å². The maximum absolute atomic E-state index is 13.7. The molecule has 6 amide bonds. The summed E-state index contributed by atoms with van der Waals surface area (Å²) >= 11 is 0. The molecule has 1 saturated carbocycles. The number of ether oxygens (including phenoxy) is 2. The summed E-state index contributed by atoms with van der Waals surface area (Å²) in [6, 6.07) is 3.89. The predicted molar refractivity (Wildman–Crippen MR) is 231 cm³/mol. The monoisotopic (exact) mass is 865 g/mol. The number of anilines is 1. The Labute approximate surface area is 362 Å². The normalized spacial score (nSPS) is 15.5. The summed E-state index contributed by atoms with van der Waals surface area (Å²) in [5.41, 5.74) is 5.37. The molecule has 0 aromatic heterocycles. The minimum atomic E-state index is -1.36. The van der Waals surface area contributed by atoms with Crippen molar-refractivity contribution in [1.29, 1.82) is 0 Å². The van der Waals surface area contributed by atoms with Gasteiger partial charge in [0.15, 0.2) is 6.35 Å². The number of nitrogens with two attached hydrogens (primary N) is 1. The second-order valence-electron chi connectivity index (χ2n) is 16.1. The van der Waals surface area contributed by atoms with Gasteiger partial charge in [0, 0.05) is 56.0 Å². The molecule has 1 aliphatic carbocycles. The van der Waals surface area contributed by atoms with Crippen molar-refractivity contribution >= 4 is 65.2 Å². The molecule has 340 valence electrons. The third-order valence-corrected chi connectivity index (χ3v) is 9.90. The van der Waals surface area contributed by atoms with Gasteiger partial charge in [0.1, 0.15) is 11.5 Å². The molecular weight excluding hydrogens is 803 g/mol. The summed E-state index contributed by atoms with van der Waals surface area (Å²) in [4.78, 5) is 103. The van der Waals surface area contributed by atoms with Gasteiger partial charge in [-0.2, -0.15) is 0 Å². The minimum absolute atomic E-state index is 0.118. The Morgan fingerprint density at radius 3 is 2.06 bits per heavy atom. The van der Waals surface area contributed by atoms with Gasteiger partial charge in [-0.25, -0.2) is 9.59 Å². The number of unbranched alkanes of at least 4 members (excludes halogenated alkanes) is 2. The first-order chi connectivity index (χ1) is 29.5. The fourth-order valence-corrected chi connectivity index (χ4v) is 6.29. The summed E-state index contributed by atoms with van der Waals surface area (Å²) in [6.45, 7) is 8.81. The molecule has 1 aromatic carbocycles. The molecule has 1 fully saturated rings. The lowest BCUT2D eigenvalue weighted by atomic mass is 9.67. The van der Waals surface area contributed by atoms with Crippen LogP contribution in [0.2, 0.25) is 0 Å². The molecular formula is C44H63N7O11. The summed E-state index contributed by atoms with van der Waals surface area (Å²) in [5.74, 6) is -3.60. The summed E-state index contributed by atoms with van der Waals surface area (Å²) in [5, 5.41) is 23.1. The van der Waals surface area contributed by atoms with Gasteiger partial charge in [0.05, 0.1) is 13.2 Å². The number of nitrogens with one attached hydrogen (secondary N) is 5. The number of aliphatic hydroxyl groups is 1. The molecule has 0 bridgehead atoms. The van der Waals surface area contributed by atoms with Crippen molar-refractivity contribution in [3.05, 3.63) is 53.6 Å². The maximum Gasteiger partial charge on any atom is 0.330 e. The quantitative estimate of drug-likeness (QED) is 0.0167. The molecule has 8 N–H and O–H groups in total. The molecule has 1 aromatic rings. The van der Waals surface area contributed by atoms with Crippen LogP contribution in [0, 0.1) is 17.3 Å². The Morgan fingerprint density at radius 2 is 1.47 bits per heavy atom. The molecule has 1 aliphatic heterocycles. The molecule has 1 heterocycles. The number of hydrogen-bond acceptors (Lipinski definition) is 13. The van der Waals surface area contributed by atoms with Crippen LogP contribution in [0.5, 0.6) is 0 Å². The number of aliphatic hydroxyl groups excluding tert-OH is 1. The highest BCUT2D eigenvalue weighted by Gasteiger charge is 2.51. The van der Waals surface area contributed by atoms with Crippen molar-refractivity contribution < 1.29 is 52.9 Å². The first-order valence-electron chi connectivity index (χ1n) is 21.2. The molecule has 1 unspecified atom stereocenters. The van der Waals surface area contributed by atoms with E-state index in [0.717, 1.165) is 4.90 Å². The Bertz CT molecular complexity index is 1820. The maximum atomic E-state index is 13.7. The standard InChI is InChI=1S/C44H63N7O11/c1-29(2)27-61-38(55)17-12-31-11-13-32(14-18-39(56)62-28-30(3)4)34(26-31)49-35(52)19-24-46-40(57)33(10-8-23-48-43(45)60)50-42(59)44(20-9-21-44)41(58)47-22-6-5-7-25-51-36(53)15-16-37(51)54/h11-18,26,29-30,33,43,48,60H,5-10,19-25,27-28,45H2,1-4H3,(H,46,57)(H,47,58)(H,49,52)(H,50,59)/b17-12+,18-14+/t33-,43?/m0/s1. The summed E-state index contributed by atoms with van der Waals surface area (Å²) in [7, 11) is 0. The van der Waals surface area contributed by atoms with Crippen LogP contribution >= 0.6 is 0 Å². The van der Waals surface area contributed by atoms with Crippen LogP contribution in [0.4, 0.5) is 5.69 Å². The molecule has 2 atom stereocenters. The lowest BCUT2D eigenvalue weighted by molar-refractivity contribution is -0.151. The fourth-order valence-electron chi connectivity index (χ4n) is 6.29. The first kappa shape index (κ1) is 50.6. The topological polar surface area (TPSA) is 265 Å². The van der Waals surface area contributed by atoms with E-state index in [9.17, 15) is 43.5 Å². The van der Waals surface area contributed by atoms with Crippen LogP contribution in [0.3, 0.4) is 0 Å². The van der Waals surface area contributed by atoms with Crippen LogP contribution in [0.1, 0.15) is 96.6 Å². The molecule has 2 aliphatic rings. The van der Waals surface area contributed by atoms with Gasteiger partial charge in [-0.15, -0.1) is 0 Å². The SMILES string of the molecule is CC(C)COC(=O)/C=C/c1ccc(/C=C/C(=O)OCC(C)C)c(NC(=O)CCNC(=O)[C@H](CCCNC(N)O)NC(=O)C2(C(=O)NCCCCCN3C(=O)C=CC3=O)CCC2)c1. The van der Waals surface area contributed by atoms with Gasteiger partial charge in [-0.1, -0.05) is 46.2 Å². The number of nitrogens with zero attached hydrogens (tertiary/aromatic N) is 1. The highest BCUT2D eigenvalue weighted by atomic mass is 16.5. The molecule has 0 spiro atoms. The van der Waals surface area contributed by atoms with E-state index in [1.54, 1.807) is 18.2 Å². The zero-order valence-electron chi connectivity index (χ0n) is 36.2. The number of amides is 6. The lowest BCUT2D eigenvalue weighted by Gasteiger charge is -2.39. The number of imide groups is 1. The van der Waals surface area contributed by atoms with E-state index in [4.69, 9.17) is 15.2 Å². The Hall–Kier alpha value is -5.72. The lowest BCUT2D eigenvalue weighted by Crippen LogP contribution is -2.59. The minimum Gasteiger partial charge on any atom is -0.462 e. The number of carbonyl (C=O) groups excluding carboxylic acids is 8. The van der Waals surface area contributed by atoms with E-state index in [2.05, 4.69) is 26.6 Å². The van der Waals surface area contributed by atoms with Crippen molar-refractivity contribution in [2.75, 3.05) is 44.7 Å². The summed E-state index contributed by atoms with van der Waals surface area (Å²) in [6.07, 6.45) is 9.97. The van der Waals surface area contributed by atoms with Gasteiger partial charge >= 0.3 is 11.9 Å². The molecule has 18 nitrogen and oxygen atoms in total. The highest BCUT2D eigenvalue weighted by Crippen LogP contribution is 2.41. The van der Waals surface area contributed by atoms with E-state index in [1.165, 1.54) is 36.5 Å². The number of esters is 2. The van der Waals surface area contributed by atoms with Gasteiger partial charge < -0.3 is 35.8 Å². The van der Waals surface area contributed by atoms with Crippen molar-refractivity contribution in [3.63, 3.8) is 0 Å². The van der Waals surface area contributed by atoms with Crippen molar-refractivity contribution in [2.45, 2.75) is 97.9 Å². The van der Waals surface area contributed by atoms with E-state index in [1.807, 2.05) is 27.7 Å². The van der Waals surface area contributed by atoms with Gasteiger partial charge in [0.2, 0.25) is 23.6 Å². The van der Waals surface area contributed by atoms with Crippen LogP contribution in [0.25, 0.3) is 12.2 Å². The zero-order chi connectivity index (χ0) is 45.7. The Balaban J connectivity index is 1.62. The molecule has 0 radical (unpaired) electrons. The van der Waals surface area contributed by atoms with Gasteiger partial charge in [0.25, 0.3) is 11.8 Å². The smallest absolute Gasteiger partial charge is 0.330 e. The second-order valence-corrected chi connectivity index (χ2v) is 16.1. The average molecular weight is 866 g/mol. The third-order valence-electron chi connectivity index (χ3n) is 9.90. The van der Waals surface area contributed by atoms with E-state index < -0.39 is 53.4 Å². The Kier molecular flexibility index (Phi) is 21.2. The first-order valence-corrected chi connectivity index (χ1v) is 21.2. The number of hydrogen-bond donors (Lipinski definition) is 7. The largest absolute Gasteiger partial charge is 0.462 e. The number of carbonyl (C=O) groups is 8. The Morgan fingerprint density at radius 1 is 0.823 bits per heavy atom. The average Bonchev–Trinajstić information content (AvgIpc) is 3.52. The number of rotatable bonds is 27.